The minimum absolute atomic E-state index is 0. The molecule has 4 heteroatoms. The van der Waals surface area contributed by atoms with Crippen molar-refractivity contribution in [2.45, 2.75) is 34.6 Å². The monoisotopic (exact) mass is 448 g/mol. The van der Waals surface area contributed by atoms with E-state index in [0.29, 0.717) is 7.92 Å². The molecule has 0 spiro atoms. The molecule has 0 unspecified atom stereocenters. The number of hydrogen-bond donors (Lipinski definition) is 1. The van der Waals surface area contributed by atoms with Crippen LogP contribution in [0.5, 0.6) is 0 Å². The van der Waals surface area contributed by atoms with Crippen LogP contribution in [0.15, 0.2) is 0 Å². The molecule has 0 fully saturated rings. The van der Waals surface area contributed by atoms with Crippen LogP contribution >= 0.6 is 20.6 Å². The standard InChI is InChI=1S/C6H15NS.C6H15P.Au/c1-3-7(4-2)5-6-8;1-4-7(5-2)6-3;/h8H,3-6H2,1-2H3;4-6H2,1-3H3;. The molecule has 0 N–H and O–H groups in total. The van der Waals surface area contributed by atoms with Gasteiger partial charge in [-0.05, 0) is 31.6 Å². The van der Waals surface area contributed by atoms with Gasteiger partial charge >= 0.3 is 0 Å². The van der Waals surface area contributed by atoms with Crippen LogP contribution in [0.2, 0.25) is 0 Å². The second-order valence-electron chi connectivity index (χ2n) is 3.37. The first kappa shape index (κ1) is 22.6. The van der Waals surface area contributed by atoms with E-state index >= 15 is 0 Å². The fraction of sp³-hybridized carbons (Fsp3) is 1.00. The summed E-state index contributed by atoms with van der Waals surface area (Å²) in [6.07, 6.45) is 4.26. The zero-order valence-corrected chi connectivity index (χ0v) is 15.5. The molecule has 0 aliphatic rings. The molecule has 0 aliphatic carbocycles. The van der Waals surface area contributed by atoms with Crippen LogP contribution in [0.25, 0.3) is 0 Å². The van der Waals surface area contributed by atoms with Gasteiger partial charge in [0.1, 0.15) is 0 Å². The molecule has 1 nitrogen and oxygen atoms in total. The van der Waals surface area contributed by atoms with Gasteiger partial charge in [-0.1, -0.05) is 34.6 Å². The average Bonchev–Trinajstić information content (AvgIpc) is 2.29. The van der Waals surface area contributed by atoms with Gasteiger partial charge in [0.15, 0.2) is 0 Å². The summed E-state index contributed by atoms with van der Waals surface area (Å²) in [5.41, 5.74) is 0. The van der Waals surface area contributed by atoms with E-state index in [4.69, 9.17) is 0 Å². The SMILES string of the molecule is CCN(CC)CCS.CCP(CC)CC.[Au]. The topological polar surface area (TPSA) is 3.24 Å². The Labute approximate surface area is 126 Å². The van der Waals surface area contributed by atoms with Gasteiger partial charge in [-0.25, -0.2) is 0 Å². The summed E-state index contributed by atoms with van der Waals surface area (Å²) >= 11 is 4.13. The van der Waals surface area contributed by atoms with E-state index < -0.39 is 0 Å². The van der Waals surface area contributed by atoms with E-state index in [0.717, 1.165) is 25.4 Å². The molecule has 16 heavy (non-hydrogen) atoms. The van der Waals surface area contributed by atoms with Crippen LogP contribution in [0, 0.1) is 0 Å². The second-order valence-corrected chi connectivity index (χ2v) is 7.06. The molecular formula is C12H30AuNPS. The Hall–Kier alpha value is 1.48. The maximum atomic E-state index is 4.13. The third-order valence-electron chi connectivity index (χ3n) is 2.65. The van der Waals surface area contributed by atoms with E-state index in [9.17, 15) is 0 Å². The summed E-state index contributed by atoms with van der Waals surface area (Å²) in [6, 6.07) is 0. The zero-order valence-electron chi connectivity index (χ0n) is 11.6. The maximum absolute atomic E-state index is 4.13. The Bertz CT molecular complexity index is 104. The Balaban J connectivity index is -0.000000200. The van der Waals surface area contributed by atoms with Crippen molar-refractivity contribution in [1.82, 2.24) is 4.90 Å². The molecular weight excluding hydrogens is 418 g/mol. The maximum Gasteiger partial charge on any atom is 0.00696 e. The Kier molecular flexibility index (Phi) is 26.7. The van der Waals surface area contributed by atoms with Crippen molar-refractivity contribution in [3.05, 3.63) is 0 Å². The van der Waals surface area contributed by atoms with Crippen LogP contribution in [0.4, 0.5) is 0 Å². The number of thiol groups is 1. The van der Waals surface area contributed by atoms with Crippen molar-refractivity contribution in [2.24, 2.45) is 0 Å². The van der Waals surface area contributed by atoms with E-state index in [2.05, 4.69) is 52.1 Å². The zero-order chi connectivity index (χ0) is 12.1. The molecule has 0 aliphatic heterocycles. The Morgan fingerprint density at radius 1 is 0.875 bits per heavy atom. The summed E-state index contributed by atoms with van der Waals surface area (Å²) in [5, 5.41) is 0. The quantitative estimate of drug-likeness (QED) is 0.353. The second kappa shape index (κ2) is 18.8. The van der Waals surface area contributed by atoms with Crippen molar-refractivity contribution in [3.63, 3.8) is 0 Å². The van der Waals surface area contributed by atoms with E-state index in [1.54, 1.807) is 0 Å². The van der Waals surface area contributed by atoms with Crippen LogP contribution in [0.1, 0.15) is 34.6 Å². The van der Waals surface area contributed by atoms with Gasteiger partial charge in [0.25, 0.3) is 0 Å². The molecule has 0 aromatic heterocycles. The van der Waals surface area contributed by atoms with E-state index in [1.165, 1.54) is 18.5 Å². The third-order valence-corrected chi connectivity index (χ3v) is 5.54. The summed E-state index contributed by atoms with van der Waals surface area (Å²) in [7, 11) is 0.446. The van der Waals surface area contributed by atoms with Crippen molar-refractivity contribution < 1.29 is 22.4 Å². The van der Waals surface area contributed by atoms with E-state index in [1.807, 2.05) is 0 Å². The first-order valence-electron chi connectivity index (χ1n) is 6.25. The third kappa shape index (κ3) is 15.5. The number of nitrogens with zero attached hydrogens (tertiary/aromatic N) is 1. The summed E-state index contributed by atoms with van der Waals surface area (Å²) in [5.74, 6) is 0.974. The van der Waals surface area contributed by atoms with E-state index in [-0.39, 0.29) is 22.4 Å². The molecule has 0 aromatic rings. The van der Waals surface area contributed by atoms with Gasteiger partial charge in [0, 0.05) is 34.7 Å². The molecule has 105 valence electrons. The number of hydrogen-bond acceptors (Lipinski definition) is 2. The summed E-state index contributed by atoms with van der Waals surface area (Å²) in [6.45, 7) is 14.6. The molecule has 0 atom stereocenters. The molecule has 0 saturated carbocycles. The van der Waals surface area contributed by atoms with Crippen molar-refractivity contribution in [3.8, 4) is 0 Å². The molecule has 0 aromatic carbocycles. The van der Waals surface area contributed by atoms with Gasteiger partial charge in [-0.3, -0.25) is 0 Å². The van der Waals surface area contributed by atoms with Gasteiger partial charge in [-0.2, -0.15) is 12.6 Å². The summed E-state index contributed by atoms with van der Waals surface area (Å²) in [4.78, 5) is 2.35. The Morgan fingerprint density at radius 2 is 1.25 bits per heavy atom. The van der Waals surface area contributed by atoms with Gasteiger partial charge < -0.3 is 4.90 Å². The smallest absolute Gasteiger partial charge is 0.00696 e. The molecule has 0 heterocycles. The van der Waals surface area contributed by atoms with Crippen molar-refractivity contribution in [1.29, 1.82) is 0 Å². The van der Waals surface area contributed by atoms with Crippen LogP contribution in [-0.2, 0) is 22.4 Å². The minimum atomic E-state index is 0. The van der Waals surface area contributed by atoms with Crippen LogP contribution < -0.4 is 0 Å². The molecule has 1 radical (unpaired) electrons. The average molecular weight is 448 g/mol. The first-order chi connectivity index (χ1) is 7.19. The van der Waals surface area contributed by atoms with Crippen LogP contribution in [-0.4, -0.2) is 48.8 Å². The molecule has 0 saturated heterocycles. The van der Waals surface area contributed by atoms with Crippen LogP contribution in [0.3, 0.4) is 0 Å². The molecule has 0 amide bonds. The fourth-order valence-electron chi connectivity index (χ4n) is 1.35. The predicted molar refractivity (Wildman–Crippen MR) is 80.2 cm³/mol. The Morgan fingerprint density at radius 3 is 1.31 bits per heavy atom. The fourth-order valence-corrected chi connectivity index (χ4v) is 2.98. The molecule has 0 bridgehead atoms. The minimum Gasteiger partial charge on any atom is -0.303 e. The summed E-state index contributed by atoms with van der Waals surface area (Å²) < 4.78 is 0. The largest absolute Gasteiger partial charge is 0.303 e. The van der Waals surface area contributed by atoms with Crippen molar-refractivity contribution in [2.75, 3.05) is 43.9 Å². The number of rotatable bonds is 7. The molecule has 0 rings (SSSR count). The van der Waals surface area contributed by atoms with Gasteiger partial charge in [-0.15, -0.1) is 7.92 Å². The van der Waals surface area contributed by atoms with Gasteiger partial charge in [0.05, 0.1) is 0 Å². The normalized spacial score (nSPS) is 9.75. The van der Waals surface area contributed by atoms with Crippen molar-refractivity contribution >= 4 is 20.6 Å². The van der Waals surface area contributed by atoms with Gasteiger partial charge in [0.2, 0.25) is 0 Å². The first-order valence-corrected chi connectivity index (χ1v) is 8.78. The predicted octanol–water partition coefficient (Wildman–Crippen LogP) is 3.78.